The molecule has 0 heterocycles. The number of nitro groups is 1. The van der Waals surface area contributed by atoms with Gasteiger partial charge in [-0.05, 0) is 6.07 Å². The molecule has 1 unspecified atom stereocenters. The molecule has 0 aliphatic carbocycles. The lowest BCUT2D eigenvalue weighted by molar-refractivity contribution is -0.385. The van der Waals surface area contributed by atoms with E-state index in [1.165, 1.54) is 0 Å². The quantitative estimate of drug-likeness (QED) is 0.599. The van der Waals surface area contributed by atoms with Crippen molar-refractivity contribution in [2.24, 2.45) is 5.73 Å². The van der Waals surface area contributed by atoms with Crippen molar-refractivity contribution in [1.29, 1.82) is 0 Å². The number of hydrogen-bond acceptors (Lipinski definition) is 3. The van der Waals surface area contributed by atoms with Crippen molar-refractivity contribution in [1.82, 2.24) is 0 Å². The normalized spacial score (nSPS) is 12.5. The SMILES string of the molecule is NCC(F)c1cc([N+](=O)[O-])ccc1F. The Kier molecular flexibility index (Phi) is 3.08. The number of benzene rings is 1. The molecule has 2 N–H and O–H groups in total. The number of non-ortho nitro benzene ring substituents is 1. The highest BCUT2D eigenvalue weighted by molar-refractivity contribution is 5.36. The van der Waals surface area contributed by atoms with Crippen molar-refractivity contribution >= 4 is 5.69 Å². The average molecular weight is 202 g/mol. The highest BCUT2D eigenvalue weighted by atomic mass is 19.1. The van der Waals surface area contributed by atoms with E-state index in [2.05, 4.69) is 0 Å². The Hall–Kier alpha value is -1.56. The number of nitro benzene ring substituents is 1. The molecule has 1 atom stereocenters. The number of halogens is 2. The molecule has 0 bridgehead atoms. The minimum atomic E-state index is -1.71. The second-order valence-electron chi connectivity index (χ2n) is 2.67. The first-order valence-corrected chi connectivity index (χ1v) is 3.84. The van der Waals surface area contributed by atoms with Gasteiger partial charge in [-0.3, -0.25) is 10.1 Å². The van der Waals surface area contributed by atoms with Gasteiger partial charge < -0.3 is 5.73 Å². The zero-order valence-electron chi connectivity index (χ0n) is 7.11. The first-order chi connectivity index (χ1) is 6.56. The van der Waals surface area contributed by atoms with E-state index >= 15 is 0 Å². The molecule has 14 heavy (non-hydrogen) atoms. The Morgan fingerprint density at radius 2 is 2.21 bits per heavy atom. The molecule has 1 aromatic rings. The summed E-state index contributed by atoms with van der Waals surface area (Å²) in [6.07, 6.45) is -1.71. The number of nitrogens with zero attached hydrogens (tertiary/aromatic N) is 1. The molecule has 4 nitrogen and oxygen atoms in total. The Bertz CT molecular complexity index is 357. The molecule has 0 radical (unpaired) electrons. The monoisotopic (exact) mass is 202 g/mol. The van der Waals surface area contributed by atoms with Gasteiger partial charge >= 0.3 is 0 Å². The van der Waals surface area contributed by atoms with Crippen molar-refractivity contribution in [2.75, 3.05) is 6.54 Å². The van der Waals surface area contributed by atoms with Crippen molar-refractivity contribution in [3.05, 3.63) is 39.7 Å². The Labute approximate surface area is 78.5 Å². The summed E-state index contributed by atoms with van der Waals surface area (Å²) in [7, 11) is 0. The van der Waals surface area contributed by atoms with Gasteiger partial charge in [0.25, 0.3) is 5.69 Å². The Balaban J connectivity index is 3.14. The highest BCUT2D eigenvalue weighted by Gasteiger charge is 2.17. The minimum absolute atomic E-state index is 0.350. The Morgan fingerprint density at radius 1 is 1.57 bits per heavy atom. The summed E-state index contributed by atoms with van der Waals surface area (Å²) in [4.78, 5) is 9.59. The molecule has 0 saturated carbocycles. The summed E-state index contributed by atoms with van der Waals surface area (Å²) in [6.45, 7) is -0.405. The fraction of sp³-hybridized carbons (Fsp3) is 0.250. The van der Waals surface area contributed by atoms with Crippen LogP contribution in [-0.2, 0) is 0 Å². The third kappa shape index (κ3) is 2.02. The van der Waals surface area contributed by atoms with E-state index < -0.39 is 23.5 Å². The lowest BCUT2D eigenvalue weighted by Gasteiger charge is -2.05. The second kappa shape index (κ2) is 4.10. The molecule has 1 aromatic carbocycles. The molecule has 76 valence electrons. The van der Waals surface area contributed by atoms with E-state index in [1.807, 2.05) is 0 Å². The summed E-state index contributed by atoms with van der Waals surface area (Å²) < 4.78 is 25.9. The van der Waals surface area contributed by atoms with Crippen molar-refractivity contribution < 1.29 is 13.7 Å². The molecule has 0 fully saturated rings. The van der Waals surface area contributed by atoms with Crippen LogP contribution in [0.25, 0.3) is 0 Å². The molecule has 0 spiro atoms. The maximum absolute atomic E-state index is 13.0. The van der Waals surface area contributed by atoms with Gasteiger partial charge in [-0.2, -0.15) is 0 Å². The average Bonchev–Trinajstić information content (AvgIpc) is 2.17. The van der Waals surface area contributed by atoms with Gasteiger partial charge in [0.1, 0.15) is 12.0 Å². The zero-order valence-corrected chi connectivity index (χ0v) is 7.11. The van der Waals surface area contributed by atoms with Gasteiger partial charge in [0.05, 0.1) is 4.92 Å². The fourth-order valence-corrected chi connectivity index (χ4v) is 1.01. The third-order valence-electron chi connectivity index (χ3n) is 1.73. The summed E-state index contributed by atoms with van der Waals surface area (Å²) in [6, 6.07) is 2.69. The van der Waals surface area contributed by atoms with Crippen LogP contribution in [0.5, 0.6) is 0 Å². The van der Waals surface area contributed by atoms with E-state index in [1.54, 1.807) is 0 Å². The topological polar surface area (TPSA) is 69.2 Å². The van der Waals surface area contributed by atoms with E-state index in [9.17, 15) is 18.9 Å². The van der Waals surface area contributed by atoms with Crippen LogP contribution in [0, 0.1) is 15.9 Å². The molecular formula is C8H8F2N2O2. The van der Waals surface area contributed by atoms with Crippen LogP contribution < -0.4 is 5.73 Å². The van der Waals surface area contributed by atoms with Crippen LogP contribution in [0.15, 0.2) is 18.2 Å². The predicted molar refractivity (Wildman–Crippen MR) is 46.0 cm³/mol. The first kappa shape index (κ1) is 10.5. The van der Waals surface area contributed by atoms with Gasteiger partial charge in [-0.15, -0.1) is 0 Å². The van der Waals surface area contributed by atoms with E-state index in [0.717, 1.165) is 18.2 Å². The van der Waals surface area contributed by atoms with Crippen LogP contribution in [0.1, 0.15) is 11.7 Å². The molecule has 0 aliphatic heterocycles. The van der Waals surface area contributed by atoms with Crippen molar-refractivity contribution in [3.63, 3.8) is 0 Å². The third-order valence-corrected chi connectivity index (χ3v) is 1.73. The lowest BCUT2D eigenvalue weighted by atomic mass is 10.1. The van der Waals surface area contributed by atoms with Gasteiger partial charge in [0.2, 0.25) is 0 Å². The summed E-state index contributed by atoms with van der Waals surface area (Å²) >= 11 is 0. The van der Waals surface area contributed by atoms with Crippen LogP contribution in [0.2, 0.25) is 0 Å². The van der Waals surface area contributed by atoms with Gasteiger partial charge in [0.15, 0.2) is 0 Å². The number of alkyl halides is 1. The minimum Gasteiger partial charge on any atom is -0.327 e. The summed E-state index contributed by atoms with van der Waals surface area (Å²) in [5, 5.41) is 10.3. The first-order valence-electron chi connectivity index (χ1n) is 3.84. The lowest BCUT2D eigenvalue weighted by Crippen LogP contribution is -2.09. The predicted octanol–water partition coefficient (Wildman–Crippen LogP) is 1.70. The van der Waals surface area contributed by atoms with E-state index in [4.69, 9.17) is 5.73 Å². The maximum Gasteiger partial charge on any atom is 0.270 e. The second-order valence-corrected chi connectivity index (χ2v) is 2.67. The standard InChI is InChI=1S/C8H8F2N2O2/c9-7-2-1-5(12(13)14)3-6(7)8(10)4-11/h1-3,8H,4,11H2. The number of hydrogen-bond donors (Lipinski definition) is 1. The zero-order chi connectivity index (χ0) is 10.7. The van der Waals surface area contributed by atoms with E-state index in [-0.39, 0.29) is 11.3 Å². The highest BCUT2D eigenvalue weighted by Crippen LogP contribution is 2.24. The molecule has 0 saturated heterocycles. The number of nitrogens with two attached hydrogens (primary N) is 1. The maximum atomic E-state index is 13.0. The van der Waals surface area contributed by atoms with Gasteiger partial charge in [-0.25, -0.2) is 8.78 Å². The van der Waals surface area contributed by atoms with Crippen LogP contribution in [0.3, 0.4) is 0 Å². The largest absolute Gasteiger partial charge is 0.327 e. The van der Waals surface area contributed by atoms with Crippen LogP contribution in [-0.4, -0.2) is 11.5 Å². The van der Waals surface area contributed by atoms with Crippen molar-refractivity contribution in [3.8, 4) is 0 Å². The smallest absolute Gasteiger partial charge is 0.270 e. The number of rotatable bonds is 3. The molecule has 6 heteroatoms. The van der Waals surface area contributed by atoms with Gasteiger partial charge in [0, 0.05) is 24.2 Å². The molecule has 0 amide bonds. The molecule has 0 aliphatic rings. The molecule has 1 rings (SSSR count). The molecule has 0 aromatic heterocycles. The summed E-state index contributed by atoms with van der Waals surface area (Å²) in [5.41, 5.74) is 4.26. The van der Waals surface area contributed by atoms with Crippen LogP contribution >= 0.6 is 0 Å². The van der Waals surface area contributed by atoms with E-state index in [0.29, 0.717) is 0 Å². The van der Waals surface area contributed by atoms with Crippen LogP contribution in [0.4, 0.5) is 14.5 Å². The summed E-state index contributed by atoms with van der Waals surface area (Å²) in [5.74, 6) is -0.825. The Morgan fingerprint density at radius 3 is 2.71 bits per heavy atom. The van der Waals surface area contributed by atoms with Gasteiger partial charge in [-0.1, -0.05) is 0 Å². The molecular weight excluding hydrogens is 194 g/mol. The fourth-order valence-electron chi connectivity index (χ4n) is 1.01. The van der Waals surface area contributed by atoms with Crippen molar-refractivity contribution in [2.45, 2.75) is 6.17 Å².